The molecule has 0 spiro atoms. The van der Waals surface area contributed by atoms with Gasteiger partial charge in [0, 0.05) is 0 Å². The Morgan fingerprint density at radius 1 is 0.762 bits per heavy atom. The number of aryl methyl sites for hydroxylation is 2. The Bertz CT molecular complexity index is 439. The van der Waals surface area contributed by atoms with Gasteiger partial charge < -0.3 is 0 Å². The van der Waals surface area contributed by atoms with Crippen molar-refractivity contribution in [3.05, 3.63) is 58.7 Å². The summed E-state index contributed by atoms with van der Waals surface area (Å²) in [5.41, 5.74) is 5.90. The first-order valence-electron chi connectivity index (χ1n) is 7.82. The maximum atomic E-state index is 2.26. The number of hydrogen-bond donors (Lipinski definition) is 0. The fourth-order valence-electron chi connectivity index (χ4n) is 2.43. The van der Waals surface area contributed by atoms with Crippen molar-refractivity contribution < 1.29 is 0 Å². The molecule has 0 aliphatic rings. The van der Waals surface area contributed by atoms with E-state index in [4.69, 9.17) is 0 Å². The fraction of sp³-hybridized carbons (Fsp3) is 0.500. The Balaban J connectivity index is 0.000000364. The van der Waals surface area contributed by atoms with E-state index in [9.17, 15) is 0 Å². The van der Waals surface area contributed by atoms with E-state index in [-0.39, 0.29) is 23.1 Å². The third-order valence-electron chi connectivity index (χ3n) is 3.56. The summed E-state index contributed by atoms with van der Waals surface area (Å²) in [5, 5.41) is 0. The van der Waals surface area contributed by atoms with E-state index < -0.39 is 0 Å². The summed E-state index contributed by atoms with van der Waals surface area (Å²) in [6.45, 7) is 13.4. The summed E-state index contributed by atoms with van der Waals surface area (Å²) >= 11 is 0. The largest absolute Gasteiger partial charge is 2.00 e. The van der Waals surface area contributed by atoms with Crippen LogP contribution in [-0.4, -0.2) is 23.1 Å². The van der Waals surface area contributed by atoms with E-state index in [1.807, 2.05) is 0 Å². The van der Waals surface area contributed by atoms with Crippen LogP contribution in [0.5, 0.6) is 0 Å². The van der Waals surface area contributed by atoms with Crippen molar-refractivity contribution in [3.8, 4) is 0 Å². The van der Waals surface area contributed by atoms with Crippen LogP contribution in [0.3, 0.4) is 0 Å². The van der Waals surface area contributed by atoms with Crippen LogP contribution < -0.4 is 0 Å². The number of hydrogen-bond acceptors (Lipinski definition) is 0. The zero-order valence-corrected chi connectivity index (χ0v) is 16.2. The van der Waals surface area contributed by atoms with Gasteiger partial charge >= 0.3 is 23.1 Å². The zero-order valence-electron chi connectivity index (χ0n) is 14.7. The van der Waals surface area contributed by atoms with Crippen LogP contribution in [0.1, 0.15) is 49.9 Å². The van der Waals surface area contributed by atoms with Crippen molar-refractivity contribution in [2.75, 3.05) is 0 Å². The van der Waals surface area contributed by atoms with E-state index in [2.05, 4.69) is 77.9 Å². The van der Waals surface area contributed by atoms with Crippen molar-refractivity contribution in [2.24, 2.45) is 11.8 Å². The van der Waals surface area contributed by atoms with Crippen LogP contribution in [0.15, 0.2) is 36.4 Å². The van der Waals surface area contributed by atoms with E-state index in [0.29, 0.717) is 0 Å². The predicted octanol–water partition coefficient (Wildman–Crippen LogP) is 5.44. The molecule has 2 rings (SSSR count). The summed E-state index contributed by atoms with van der Waals surface area (Å²) in [5.74, 6) is 1.56. The molecule has 0 nitrogen and oxygen atoms in total. The van der Waals surface area contributed by atoms with Gasteiger partial charge in [-0.1, -0.05) is 66.2 Å². The Labute approximate surface area is 147 Å². The quantitative estimate of drug-likeness (QED) is 0.520. The molecular weight excluding hydrogens is 265 g/mol. The Hall–Kier alpha value is -0.534. The zero-order chi connectivity index (χ0) is 15.1. The molecule has 2 aromatic rings. The minimum atomic E-state index is 0. The van der Waals surface area contributed by atoms with Gasteiger partial charge in [-0.3, -0.25) is 0 Å². The van der Waals surface area contributed by atoms with E-state index in [1.54, 1.807) is 0 Å². The standard InChI is InChI=1S/2C10H15.Mg/c2*1-8(2)7-10-6-4-5-9(10)3;/h2*4-6,8H,7H2,1-3H3;/q2*-1;+2. The average Bonchev–Trinajstić information content (AvgIpc) is 2.90. The SMILES string of the molecule is Cc1ccc[c-]1CC(C)C.Cc1ccc[c-]1CC(C)C.[Mg+2]. The van der Waals surface area contributed by atoms with Crippen molar-refractivity contribution >= 4 is 23.1 Å². The van der Waals surface area contributed by atoms with E-state index in [0.717, 1.165) is 11.8 Å². The predicted molar refractivity (Wildman–Crippen MR) is 96.4 cm³/mol. The fourth-order valence-corrected chi connectivity index (χ4v) is 2.43. The second kappa shape index (κ2) is 10.2. The molecule has 0 bridgehead atoms. The topological polar surface area (TPSA) is 0 Å². The second-order valence-electron chi connectivity index (χ2n) is 6.66. The van der Waals surface area contributed by atoms with Gasteiger partial charge in [-0.25, -0.2) is 24.3 Å². The average molecular weight is 295 g/mol. The molecule has 0 amide bonds. The van der Waals surface area contributed by atoms with E-state index >= 15 is 0 Å². The Morgan fingerprint density at radius 3 is 1.29 bits per heavy atom. The van der Waals surface area contributed by atoms with Crippen LogP contribution in [0.25, 0.3) is 0 Å². The molecule has 0 aromatic heterocycles. The molecule has 0 fully saturated rings. The van der Waals surface area contributed by atoms with Crippen molar-refractivity contribution in [2.45, 2.75) is 54.4 Å². The molecule has 0 N–H and O–H groups in total. The minimum Gasteiger partial charge on any atom is -0.213 e. The normalized spacial score (nSPS) is 10.3. The molecule has 0 unspecified atom stereocenters. The van der Waals surface area contributed by atoms with Gasteiger partial charge in [-0.05, 0) is 0 Å². The molecule has 0 heterocycles. The van der Waals surface area contributed by atoms with Crippen LogP contribution in [0, 0.1) is 25.7 Å². The van der Waals surface area contributed by atoms with E-state index in [1.165, 1.54) is 35.1 Å². The van der Waals surface area contributed by atoms with Gasteiger partial charge in [0.15, 0.2) is 0 Å². The Kier molecular flexibility index (Phi) is 9.98. The summed E-state index contributed by atoms with van der Waals surface area (Å²) in [7, 11) is 0. The third-order valence-corrected chi connectivity index (χ3v) is 3.56. The van der Waals surface area contributed by atoms with Gasteiger partial charge in [-0.2, -0.15) is 34.4 Å². The maximum absolute atomic E-state index is 2.26. The monoisotopic (exact) mass is 294 g/mol. The molecule has 0 saturated heterocycles. The Morgan fingerprint density at radius 2 is 1.10 bits per heavy atom. The van der Waals surface area contributed by atoms with Crippen molar-refractivity contribution in [3.63, 3.8) is 0 Å². The first-order valence-corrected chi connectivity index (χ1v) is 7.82. The molecule has 0 aliphatic carbocycles. The molecular formula is C20H30Mg. The molecule has 112 valence electrons. The molecule has 1 heteroatoms. The van der Waals surface area contributed by atoms with Gasteiger partial charge in [0.2, 0.25) is 0 Å². The molecule has 0 aliphatic heterocycles. The van der Waals surface area contributed by atoms with Gasteiger partial charge in [-0.15, -0.1) is 0 Å². The van der Waals surface area contributed by atoms with Crippen LogP contribution in [-0.2, 0) is 12.8 Å². The van der Waals surface area contributed by atoms with Crippen LogP contribution >= 0.6 is 0 Å². The summed E-state index contributed by atoms with van der Waals surface area (Å²) in [6.07, 6.45) is 2.44. The molecule has 0 radical (unpaired) electrons. The molecule has 0 saturated carbocycles. The van der Waals surface area contributed by atoms with Gasteiger partial charge in [0.1, 0.15) is 0 Å². The van der Waals surface area contributed by atoms with Gasteiger partial charge in [0.05, 0.1) is 0 Å². The second-order valence-corrected chi connectivity index (χ2v) is 6.66. The van der Waals surface area contributed by atoms with Gasteiger partial charge in [0.25, 0.3) is 0 Å². The summed E-state index contributed by atoms with van der Waals surface area (Å²) in [6, 6.07) is 13.1. The first kappa shape index (κ1) is 20.5. The van der Waals surface area contributed by atoms with Crippen molar-refractivity contribution in [1.82, 2.24) is 0 Å². The summed E-state index contributed by atoms with van der Waals surface area (Å²) in [4.78, 5) is 0. The molecule has 2 aromatic carbocycles. The first-order chi connectivity index (χ1) is 9.40. The smallest absolute Gasteiger partial charge is 0.213 e. The minimum absolute atomic E-state index is 0. The maximum Gasteiger partial charge on any atom is 2.00 e. The van der Waals surface area contributed by atoms with Crippen LogP contribution in [0.2, 0.25) is 0 Å². The van der Waals surface area contributed by atoms with Crippen molar-refractivity contribution in [1.29, 1.82) is 0 Å². The summed E-state index contributed by atoms with van der Waals surface area (Å²) < 4.78 is 0. The number of rotatable bonds is 4. The molecule has 21 heavy (non-hydrogen) atoms. The molecule has 0 atom stereocenters. The third kappa shape index (κ3) is 7.87. The van der Waals surface area contributed by atoms with Crippen LogP contribution in [0.4, 0.5) is 0 Å².